The summed E-state index contributed by atoms with van der Waals surface area (Å²) in [4.78, 5) is 32.2. The van der Waals surface area contributed by atoms with Gasteiger partial charge in [-0.3, -0.25) is 9.59 Å². The molecule has 1 aromatic heterocycles. The molecule has 3 rings (SSSR count). The molecule has 6 nitrogen and oxygen atoms in total. The van der Waals surface area contributed by atoms with Crippen LogP contribution >= 0.6 is 0 Å². The zero-order valence-electron chi connectivity index (χ0n) is 16.7. The van der Waals surface area contributed by atoms with Crippen molar-refractivity contribution in [3.8, 4) is 0 Å². The number of benzene rings is 1. The van der Waals surface area contributed by atoms with Gasteiger partial charge in [0, 0.05) is 49.9 Å². The Labute approximate surface area is 160 Å². The summed E-state index contributed by atoms with van der Waals surface area (Å²) in [6.07, 6.45) is 1.19. The van der Waals surface area contributed by atoms with Crippen LogP contribution in [0.5, 0.6) is 0 Å². The number of hydrogen-bond donors (Lipinski definition) is 1. The van der Waals surface area contributed by atoms with Crippen molar-refractivity contribution in [3.63, 3.8) is 0 Å². The number of ether oxygens (including phenoxy) is 1. The van der Waals surface area contributed by atoms with E-state index in [1.54, 1.807) is 4.90 Å². The zero-order valence-corrected chi connectivity index (χ0v) is 16.7. The van der Waals surface area contributed by atoms with Crippen LogP contribution in [0.1, 0.15) is 28.8 Å². The lowest BCUT2D eigenvalue weighted by molar-refractivity contribution is -0.136. The number of nitrogens with zero attached hydrogens (tertiary/aromatic N) is 2. The summed E-state index contributed by atoms with van der Waals surface area (Å²) in [7, 11) is 1.53. The number of aromatic amines is 1. The fourth-order valence-corrected chi connectivity index (χ4v) is 3.93. The lowest BCUT2D eigenvalue weighted by atomic mass is 10.0. The maximum absolute atomic E-state index is 13.0. The van der Waals surface area contributed by atoms with Gasteiger partial charge in [-0.1, -0.05) is 12.1 Å². The lowest BCUT2D eigenvalue weighted by Gasteiger charge is -2.22. The smallest absolute Gasteiger partial charge is 0.248 e. The van der Waals surface area contributed by atoms with Crippen molar-refractivity contribution >= 4 is 22.7 Å². The van der Waals surface area contributed by atoms with Crippen molar-refractivity contribution in [1.82, 2.24) is 14.8 Å². The predicted molar refractivity (Wildman–Crippen MR) is 106 cm³/mol. The molecular weight excluding hydrogens is 342 g/mol. The molecule has 6 heteroatoms. The number of aromatic nitrogens is 1. The summed E-state index contributed by atoms with van der Waals surface area (Å²) in [5.41, 5.74) is 5.66. The zero-order chi connectivity index (χ0) is 19.6. The summed E-state index contributed by atoms with van der Waals surface area (Å²) in [5, 5.41) is 1.17. The van der Waals surface area contributed by atoms with Gasteiger partial charge in [-0.15, -0.1) is 0 Å². The van der Waals surface area contributed by atoms with Crippen LogP contribution in [0.2, 0.25) is 0 Å². The van der Waals surface area contributed by atoms with Gasteiger partial charge in [0.1, 0.15) is 6.61 Å². The second-order valence-electron chi connectivity index (χ2n) is 7.40. The summed E-state index contributed by atoms with van der Waals surface area (Å²) in [6, 6.07) is 4.23. The highest BCUT2D eigenvalue weighted by Crippen LogP contribution is 2.28. The average Bonchev–Trinajstić information content (AvgIpc) is 2.83. The van der Waals surface area contributed by atoms with Crippen LogP contribution in [0.15, 0.2) is 12.1 Å². The normalized spacial score (nSPS) is 15.3. The van der Waals surface area contributed by atoms with E-state index in [1.807, 2.05) is 11.8 Å². The fourth-order valence-electron chi connectivity index (χ4n) is 3.93. The molecule has 0 saturated carbocycles. The van der Waals surface area contributed by atoms with Gasteiger partial charge >= 0.3 is 0 Å². The van der Waals surface area contributed by atoms with Crippen LogP contribution in [-0.4, -0.2) is 66.5 Å². The molecule has 146 valence electrons. The van der Waals surface area contributed by atoms with Gasteiger partial charge < -0.3 is 19.5 Å². The molecule has 0 bridgehead atoms. The minimum absolute atomic E-state index is 0.00891. The molecule has 2 amide bonds. The number of aryl methyl sites for hydroxylation is 3. The maximum atomic E-state index is 13.0. The first-order valence-electron chi connectivity index (χ1n) is 9.54. The lowest BCUT2D eigenvalue weighted by Crippen LogP contribution is -2.39. The Kier molecular flexibility index (Phi) is 5.85. The third-order valence-electron chi connectivity index (χ3n) is 5.49. The number of carbonyl (C=O) groups is 2. The largest absolute Gasteiger partial charge is 0.375 e. The number of amides is 2. The summed E-state index contributed by atoms with van der Waals surface area (Å²) in [5.74, 6) is 0.117. The topological polar surface area (TPSA) is 65.6 Å². The molecular formula is C21H29N3O3. The minimum atomic E-state index is -0.00891. The molecule has 1 fully saturated rings. The number of methoxy groups -OCH3 is 1. The van der Waals surface area contributed by atoms with E-state index in [1.165, 1.54) is 23.6 Å². The van der Waals surface area contributed by atoms with Crippen LogP contribution in [0, 0.1) is 20.8 Å². The van der Waals surface area contributed by atoms with E-state index in [4.69, 9.17) is 4.74 Å². The van der Waals surface area contributed by atoms with Crippen molar-refractivity contribution in [3.05, 3.63) is 34.5 Å². The number of carbonyl (C=O) groups excluding carboxylic acids is 2. The molecule has 2 heterocycles. The molecule has 0 unspecified atom stereocenters. The first-order valence-corrected chi connectivity index (χ1v) is 9.54. The number of H-pyrrole nitrogens is 1. The van der Waals surface area contributed by atoms with E-state index in [2.05, 4.69) is 31.0 Å². The fraction of sp³-hybridized carbons (Fsp3) is 0.524. The van der Waals surface area contributed by atoms with Gasteiger partial charge in [0.2, 0.25) is 11.8 Å². The molecule has 1 aliphatic rings. The molecule has 27 heavy (non-hydrogen) atoms. The molecule has 0 spiro atoms. The van der Waals surface area contributed by atoms with Crippen LogP contribution in [-0.2, 0) is 20.7 Å². The molecule has 0 aliphatic carbocycles. The maximum Gasteiger partial charge on any atom is 0.248 e. The Balaban J connectivity index is 1.75. The number of fused-ring (bicyclic) bond motifs is 1. The number of rotatable bonds is 4. The van der Waals surface area contributed by atoms with E-state index in [0.717, 1.165) is 23.2 Å². The van der Waals surface area contributed by atoms with Crippen molar-refractivity contribution in [2.75, 3.05) is 39.9 Å². The molecule has 0 atom stereocenters. The summed E-state index contributed by atoms with van der Waals surface area (Å²) < 4.78 is 4.94. The first-order chi connectivity index (χ1) is 12.9. The number of nitrogens with one attached hydrogen (secondary N) is 1. The Morgan fingerprint density at radius 2 is 1.63 bits per heavy atom. The SMILES string of the molecule is COCC(=O)N1CCCN(C(=O)Cc2c(C)[nH]c3c(C)ccc(C)c23)CC1. The standard InChI is InChI=1S/C21H29N3O3/c1-14-6-7-15(2)21-20(14)17(16(3)22-21)12-18(25)23-8-5-9-24(11-10-23)19(26)13-27-4/h6-7,22H,5,8-13H2,1-4H3. The summed E-state index contributed by atoms with van der Waals surface area (Å²) in [6.45, 7) is 8.83. The van der Waals surface area contributed by atoms with Gasteiger partial charge in [0.05, 0.1) is 6.42 Å². The monoisotopic (exact) mass is 371 g/mol. The molecule has 1 N–H and O–H groups in total. The van der Waals surface area contributed by atoms with E-state index >= 15 is 0 Å². The van der Waals surface area contributed by atoms with E-state index in [9.17, 15) is 9.59 Å². The van der Waals surface area contributed by atoms with Gasteiger partial charge in [-0.2, -0.15) is 0 Å². The molecule has 1 saturated heterocycles. The van der Waals surface area contributed by atoms with E-state index < -0.39 is 0 Å². The molecule has 2 aromatic rings. The van der Waals surface area contributed by atoms with Gasteiger partial charge in [-0.25, -0.2) is 0 Å². The Morgan fingerprint density at radius 1 is 1.00 bits per heavy atom. The van der Waals surface area contributed by atoms with Crippen LogP contribution in [0.4, 0.5) is 0 Å². The first kappa shape index (κ1) is 19.4. The van der Waals surface area contributed by atoms with Crippen LogP contribution in [0.25, 0.3) is 10.9 Å². The van der Waals surface area contributed by atoms with Gasteiger partial charge in [0.25, 0.3) is 0 Å². The van der Waals surface area contributed by atoms with Crippen molar-refractivity contribution < 1.29 is 14.3 Å². The van der Waals surface area contributed by atoms with Crippen molar-refractivity contribution in [1.29, 1.82) is 0 Å². The minimum Gasteiger partial charge on any atom is -0.375 e. The van der Waals surface area contributed by atoms with E-state index in [-0.39, 0.29) is 18.4 Å². The average molecular weight is 371 g/mol. The van der Waals surface area contributed by atoms with Crippen LogP contribution < -0.4 is 0 Å². The number of hydrogen-bond acceptors (Lipinski definition) is 3. The highest BCUT2D eigenvalue weighted by atomic mass is 16.5. The third-order valence-corrected chi connectivity index (χ3v) is 5.49. The quantitative estimate of drug-likeness (QED) is 0.897. The molecule has 0 radical (unpaired) electrons. The Bertz CT molecular complexity index is 856. The van der Waals surface area contributed by atoms with Crippen LogP contribution in [0.3, 0.4) is 0 Å². The van der Waals surface area contributed by atoms with Crippen molar-refractivity contribution in [2.24, 2.45) is 0 Å². The Morgan fingerprint density at radius 3 is 2.30 bits per heavy atom. The molecule has 1 aromatic carbocycles. The predicted octanol–water partition coefficient (Wildman–Crippen LogP) is 2.34. The highest BCUT2D eigenvalue weighted by Gasteiger charge is 2.23. The van der Waals surface area contributed by atoms with Gasteiger partial charge in [0.15, 0.2) is 0 Å². The third kappa shape index (κ3) is 4.00. The van der Waals surface area contributed by atoms with Gasteiger partial charge in [-0.05, 0) is 43.9 Å². The second-order valence-corrected chi connectivity index (χ2v) is 7.40. The highest BCUT2D eigenvalue weighted by molar-refractivity contribution is 5.94. The van der Waals surface area contributed by atoms with E-state index in [0.29, 0.717) is 32.6 Å². The Hall–Kier alpha value is -2.34. The summed E-state index contributed by atoms with van der Waals surface area (Å²) >= 11 is 0. The second kappa shape index (κ2) is 8.13. The van der Waals surface area contributed by atoms with Crippen molar-refractivity contribution in [2.45, 2.75) is 33.6 Å². The molecule has 1 aliphatic heterocycles.